The highest BCUT2D eigenvalue weighted by molar-refractivity contribution is 9.10. The maximum absolute atomic E-state index is 11.9. The number of rotatable bonds is 5. The topological polar surface area (TPSA) is 87.9 Å². The molecule has 0 atom stereocenters. The minimum absolute atomic E-state index is 0.0410. The van der Waals surface area contributed by atoms with Crippen LogP contribution in [0.25, 0.3) is 6.08 Å². The molecule has 0 saturated carbocycles. The van der Waals surface area contributed by atoms with Crippen LogP contribution in [0.5, 0.6) is 11.5 Å². The third-order valence-corrected chi connectivity index (χ3v) is 4.31. The van der Waals surface area contributed by atoms with E-state index in [0.29, 0.717) is 30.3 Å². The number of hydrogen-bond acceptors (Lipinski definition) is 6. The fourth-order valence-electron chi connectivity index (χ4n) is 2.32. The van der Waals surface area contributed by atoms with E-state index in [1.807, 2.05) is 0 Å². The molecule has 0 fully saturated rings. The number of fused-ring (bicyclic) bond motifs is 1. The number of nitro groups is 1. The number of carbonyl (C=O) groups excluding carboxylic acids is 1. The number of benzene rings is 2. The molecule has 0 unspecified atom stereocenters. The lowest BCUT2D eigenvalue weighted by Crippen LogP contribution is -2.15. The first-order valence-corrected chi connectivity index (χ1v) is 8.49. The quantitative estimate of drug-likeness (QED) is 0.316. The van der Waals surface area contributed by atoms with E-state index in [4.69, 9.17) is 14.2 Å². The molecule has 1 aliphatic heterocycles. The molecule has 1 aliphatic rings. The average Bonchev–Trinajstić information content (AvgIpc) is 2.65. The largest absolute Gasteiger partial charge is 0.486 e. The highest BCUT2D eigenvalue weighted by atomic mass is 79.9. The average molecular weight is 420 g/mol. The first-order chi connectivity index (χ1) is 12.5. The summed E-state index contributed by atoms with van der Waals surface area (Å²) < 4.78 is 16.9. The lowest BCUT2D eigenvalue weighted by Gasteiger charge is -2.19. The highest BCUT2D eigenvalue weighted by Gasteiger charge is 2.15. The molecule has 2 aromatic carbocycles. The monoisotopic (exact) mass is 419 g/mol. The molecule has 0 N–H and O–H groups in total. The summed E-state index contributed by atoms with van der Waals surface area (Å²) in [6.07, 6.45) is 2.69. The summed E-state index contributed by atoms with van der Waals surface area (Å²) in [5.41, 5.74) is 1.24. The number of carbonyl (C=O) groups is 1. The first-order valence-electron chi connectivity index (χ1n) is 7.70. The Bertz CT molecular complexity index is 880. The van der Waals surface area contributed by atoms with Crippen molar-refractivity contribution in [2.24, 2.45) is 0 Å². The zero-order chi connectivity index (χ0) is 18.5. The number of nitro benzene ring substituents is 1. The fraction of sp³-hybridized carbons (Fsp3) is 0.167. The standard InChI is InChI=1S/C18H14BrNO6/c19-15-10-17-16(24-6-7-25-17)9-13(15)11-26-18(21)5-4-12-2-1-3-14(8-12)20(22)23/h1-5,8-10H,6-7,11H2/b5-4+. The second-order valence-corrected chi connectivity index (χ2v) is 6.23. The Kier molecular flexibility index (Phi) is 5.52. The third-order valence-electron chi connectivity index (χ3n) is 3.57. The van der Waals surface area contributed by atoms with Gasteiger partial charge in [-0.3, -0.25) is 10.1 Å². The molecule has 0 saturated heterocycles. The first kappa shape index (κ1) is 17.9. The van der Waals surface area contributed by atoms with Crippen LogP contribution in [0.4, 0.5) is 5.69 Å². The molecule has 0 spiro atoms. The van der Waals surface area contributed by atoms with Gasteiger partial charge in [-0.15, -0.1) is 0 Å². The molecular formula is C18H14BrNO6. The smallest absolute Gasteiger partial charge is 0.331 e. The van der Waals surface area contributed by atoms with Gasteiger partial charge in [0.2, 0.25) is 0 Å². The highest BCUT2D eigenvalue weighted by Crippen LogP contribution is 2.35. The number of esters is 1. The van der Waals surface area contributed by atoms with Crippen molar-refractivity contribution >= 4 is 33.7 Å². The molecule has 0 aliphatic carbocycles. The molecule has 26 heavy (non-hydrogen) atoms. The molecule has 3 rings (SSSR count). The van der Waals surface area contributed by atoms with Gasteiger partial charge in [0.25, 0.3) is 5.69 Å². The summed E-state index contributed by atoms with van der Waals surface area (Å²) in [5, 5.41) is 10.8. The van der Waals surface area contributed by atoms with Gasteiger partial charge in [-0.25, -0.2) is 4.79 Å². The molecule has 0 amide bonds. The SMILES string of the molecule is O=C(/C=C/c1cccc([N+](=O)[O-])c1)OCc1cc2c(cc1Br)OCCO2. The molecule has 134 valence electrons. The molecular weight excluding hydrogens is 406 g/mol. The normalized spacial score (nSPS) is 12.8. The van der Waals surface area contributed by atoms with E-state index < -0.39 is 10.9 Å². The fourth-order valence-corrected chi connectivity index (χ4v) is 2.76. The van der Waals surface area contributed by atoms with Crippen LogP contribution in [0, 0.1) is 10.1 Å². The second kappa shape index (κ2) is 8.01. The Labute approximate surface area is 157 Å². The van der Waals surface area contributed by atoms with Crippen molar-refractivity contribution < 1.29 is 23.9 Å². The van der Waals surface area contributed by atoms with E-state index in [9.17, 15) is 14.9 Å². The molecule has 7 nitrogen and oxygen atoms in total. The van der Waals surface area contributed by atoms with Gasteiger partial charge in [0, 0.05) is 28.2 Å². The Morgan fingerprint density at radius 3 is 2.69 bits per heavy atom. The number of halogens is 1. The molecule has 0 bridgehead atoms. The van der Waals surface area contributed by atoms with Crippen molar-refractivity contribution in [1.82, 2.24) is 0 Å². The van der Waals surface area contributed by atoms with Gasteiger partial charge >= 0.3 is 5.97 Å². The van der Waals surface area contributed by atoms with Gasteiger partial charge in [0.15, 0.2) is 11.5 Å². The van der Waals surface area contributed by atoms with E-state index in [2.05, 4.69) is 15.9 Å². The van der Waals surface area contributed by atoms with Crippen LogP contribution >= 0.6 is 15.9 Å². The summed E-state index contributed by atoms with van der Waals surface area (Å²) in [6.45, 7) is 1.02. The zero-order valence-corrected chi connectivity index (χ0v) is 15.1. The third kappa shape index (κ3) is 4.40. The van der Waals surface area contributed by atoms with Crippen LogP contribution in [0.2, 0.25) is 0 Å². The second-order valence-electron chi connectivity index (χ2n) is 5.38. The zero-order valence-electron chi connectivity index (χ0n) is 13.5. The number of nitrogens with zero attached hydrogens (tertiary/aromatic N) is 1. The maximum atomic E-state index is 11.9. The van der Waals surface area contributed by atoms with Gasteiger partial charge in [-0.2, -0.15) is 0 Å². The van der Waals surface area contributed by atoms with Gasteiger partial charge in [0.1, 0.15) is 19.8 Å². The van der Waals surface area contributed by atoms with E-state index in [1.165, 1.54) is 24.3 Å². The van der Waals surface area contributed by atoms with E-state index in [-0.39, 0.29) is 12.3 Å². The van der Waals surface area contributed by atoms with Gasteiger partial charge in [-0.1, -0.05) is 28.1 Å². The summed E-state index contributed by atoms with van der Waals surface area (Å²) in [7, 11) is 0. The van der Waals surface area contributed by atoms with Gasteiger partial charge < -0.3 is 14.2 Å². The van der Waals surface area contributed by atoms with Crippen LogP contribution in [0.15, 0.2) is 46.9 Å². The lowest BCUT2D eigenvalue weighted by atomic mass is 10.2. The van der Waals surface area contributed by atoms with Crippen molar-refractivity contribution in [3.8, 4) is 11.5 Å². The minimum atomic E-state index is -0.557. The van der Waals surface area contributed by atoms with Crippen molar-refractivity contribution in [2.45, 2.75) is 6.61 Å². The van der Waals surface area contributed by atoms with Crippen LogP contribution in [0.1, 0.15) is 11.1 Å². The Morgan fingerprint density at radius 1 is 1.23 bits per heavy atom. The van der Waals surface area contributed by atoms with E-state index >= 15 is 0 Å². The van der Waals surface area contributed by atoms with Crippen molar-refractivity contribution in [3.05, 3.63) is 68.2 Å². The van der Waals surface area contributed by atoms with Gasteiger partial charge in [0.05, 0.1) is 4.92 Å². The van der Waals surface area contributed by atoms with Crippen LogP contribution in [0.3, 0.4) is 0 Å². The summed E-state index contributed by atoms with van der Waals surface area (Å²) in [5.74, 6) is 0.694. The lowest BCUT2D eigenvalue weighted by molar-refractivity contribution is -0.384. The molecule has 2 aromatic rings. The summed E-state index contributed by atoms with van der Waals surface area (Å²) >= 11 is 3.41. The number of ether oxygens (including phenoxy) is 3. The van der Waals surface area contributed by atoms with Crippen LogP contribution in [-0.2, 0) is 16.1 Å². The van der Waals surface area contributed by atoms with Crippen molar-refractivity contribution in [3.63, 3.8) is 0 Å². The molecule has 8 heteroatoms. The Morgan fingerprint density at radius 2 is 1.96 bits per heavy atom. The molecule has 0 radical (unpaired) electrons. The predicted molar refractivity (Wildman–Crippen MR) is 97.1 cm³/mol. The van der Waals surface area contributed by atoms with Gasteiger partial charge in [-0.05, 0) is 23.8 Å². The number of hydrogen-bond donors (Lipinski definition) is 0. The minimum Gasteiger partial charge on any atom is -0.486 e. The van der Waals surface area contributed by atoms with Crippen molar-refractivity contribution in [2.75, 3.05) is 13.2 Å². The van der Waals surface area contributed by atoms with Crippen molar-refractivity contribution in [1.29, 1.82) is 0 Å². The van der Waals surface area contributed by atoms with Crippen LogP contribution in [-0.4, -0.2) is 24.1 Å². The molecule has 0 aromatic heterocycles. The predicted octanol–water partition coefficient (Wildman–Crippen LogP) is 3.89. The maximum Gasteiger partial charge on any atom is 0.331 e. The van der Waals surface area contributed by atoms with E-state index in [0.717, 1.165) is 10.0 Å². The Hall–Kier alpha value is -2.87. The molecule has 1 heterocycles. The van der Waals surface area contributed by atoms with Crippen LogP contribution < -0.4 is 9.47 Å². The number of non-ortho nitro benzene ring substituents is 1. The Balaban J connectivity index is 1.62. The summed E-state index contributed by atoms with van der Waals surface area (Å²) in [6, 6.07) is 9.51. The summed E-state index contributed by atoms with van der Waals surface area (Å²) in [4.78, 5) is 22.2. The van der Waals surface area contributed by atoms with E-state index in [1.54, 1.807) is 24.3 Å².